The lowest BCUT2D eigenvalue weighted by Gasteiger charge is -2.13. The SMILES string of the molecule is COc1cc(C(=O)Nc2nc(C(F)(F)F)cs2)cc(OC)c1OC. The van der Waals surface area contributed by atoms with Crippen LogP contribution in [0.4, 0.5) is 18.3 Å². The maximum atomic E-state index is 12.5. The van der Waals surface area contributed by atoms with Crippen molar-refractivity contribution in [2.45, 2.75) is 6.18 Å². The predicted molar refractivity (Wildman–Crippen MR) is 81.2 cm³/mol. The van der Waals surface area contributed by atoms with E-state index in [0.29, 0.717) is 17.1 Å². The fourth-order valence-corrected chi connectivity index (χ4v) is 2.56. The average Bonchev–Trinajstić information content (AvgIpc) is 3.01. The van der Waals surface area contributed by atoms with Gasteiger partial charge < -0.3 is 14.2 Å². The summed E-state index contributed by atoms with van der Waals surface area (Å²) in [7, 11) is 4.18. The summed E-state index contributed by atoms with van der Waals surface area (Å²) in [4.78, 5) is 15.6. The Morgan fingerprint density at radius 3 is 2.12 bits per heavy atom. The molecular weight excluding hydrogens is 349 g/mol. The number of carbonyl (C=O) groups excluding carboxylic acids is 1. The average molecular weight is 362 g/mol. The number of rotatable bonds is 5. The van der Waals surface area contributed by atoms with Gasteiger partial charge in [0, 0.05) is 10.9 Å². The van der Waals surface area contributed by atoms with Crippen molar-refractivity contribution in [3.8, 4) is 17.2 Å². The van der Waals surface area contributed by atoms with Crippen LogP contribution in [0.1, 0.15) is 16.1 Å². The summed E-state index contributed by atoms with van der Waals surface area (Å²) >= 11 is 0.677. The number of hydrogen-bond donors (Lipinski definition) is 1. The van der Waals surface area contributed by atoms with Crippen LogP contribution in [0.15, 0.2) is 17.5 Å². The lowest BCUT2D eigenvalue weighted by Crippen LogP contribution is -2.13. The standard InChI is InChI=1S/C14H13F3N2O4S/c1-21-8-4-7(5-9(22-2)11(8)23-3)12(20)19-13-18-10(6-24-13)14(15,16)17/h4-6H,1-3H3,(H,18,19,20). The lowest BCUT2D eigenvalue weighted by atomic mass is 10.1. The van der Waals surface area contributed by atoms with E-state index in [2.05, 4.69) is 10.3 Å². The van der Waals surface area contributed by atoms with Crippen LogP contribution >= 0.6 is 11.3 Å². The van der Waals surface area contributed by atoms with Gasteiger partial charge in [-0.1, -0.05) is 0 Å². The Labute approximate surface area is 139 Å². The van der Waals surface area contributed by atoms with Gasteiger partial charge in [-0.2, -0.15) is 13.2 Å². The number of amides is 1. The van der Waals surface area contributed by atoms with Crippen LogP contribution in [-0.2, 0) is 6.18 Å². The largest absolute Gasteiger partial charge is 0.493 e. The zero-order valence-electron chi connectivity index (χ0n) is 12.9. The van der Waals surface area contributed by atoms with Gasteiger partial charge in [0.2, 0.25) is 5.75 Å². The number of carbonyl (C=O) groups is 1. The van der Waals surface area contributed by atoms with E-state index in [4.69, 9.17) is 14.2 Å². The minimum Gasteiger partial charge on any atom is -0.493 e. The van der Waals surface area contributed by atoms with Gasteiger partial charge in [-0.15, -0.1) is 11.3 Å². The molecule has 0 saturated carbocycles. The molecule has 0 unspecified atom stereocenters. The lowest BCUT2D eigenvalue weighted by molar-refractivity contribution is -0.140. The molecule has 6 nitrogen and oxygen atoms in total. The van der Waals surface area contributed by atoms with E-state index >= 15 is 0 Å². The smallest absolute Gasteiger partial charge is 0.434 e. The molecule has 24 heavy (non-hydrogen) atoms. The third kappa shape index (κ3) is 3.70. The topological polar surface area (TPSA) is 69.7 Å². The van der Waals surface area contributed by atoms with Crippen LogP contribution in [0.25, 0.3) is 0 Å². The molecule has 2 rings (SSSR count). The first kappa shape index (κ1) is 17.9. The van der Waals surface area contributed by atoms with Gasteiger partial charge in [0.25, 0.3) is 5.91 Å². The van der Waals surface area contributed by atoms with E-state index in [0.717, 1.165) is 5.38 Å². The van der Waals surface area contributed by atoms with Gasteiger partial charge in [0.1, 0.15) is 0 Å². The Hall–Kier alpha value is -2.49. The number of aromatic nitrogens is 1. The second kappa shape index (κ2) is 6.95. The molecule has 0 aliphatic carbocycles. The van der Waals surface area contributed by atoms with Crippen molar-refractivity contribution in [3.63, 3.8) is 0 Å². The molecule has 1 aromatic carbocycles. The van der Waals surface area contributed by atoms with Gasteiger partial charge in [-0.3, -0.25) is 10.1 Å². The summed E-state index contributed by atoms with van der Waals surface area (Å²) in [5, 5.41) is 2.97. The fourth-order valence-electron chi connectivity index (χ4n) is 1.84. The van der Waals surface area contributed by atoms with Crippen molar-refractivity contribution in [1.82, 2.24) is 4.98 Å². The van der Waals surface area contributed by atoms with E-state index in [1.54, 1.807) is 0 Å². The minimum atomic E-state index is -4.56. The molecule has 10 heteroatoms. The van der Waals surface area contributed by atoms with Crippen molar-refractivity contribution in [2.24, 2.45) is 0 Å². The van der Waals surface area contributed by atoms with Crippen LogP contribution < -0.4 is 19.5 Å². The number of ether oxygens (including phenoxy) is 3. The van der Waals surface area contributed by atoms with Gasteiger partial charge >= 0.3 is 6.18 Å². The zero-order valence-corrected chi connectivity index (χ0v) is 13.7. The summed E-state index contributed by atoms with van der Waals surface area (Å²) in [5.41, 5.74) is -0.944. The molecular formula is C14H13F3N2O4S. The van der Waals surface area contributed by atoms with Crippen molar-refractivity contribution in [2.75, 3.05) is 26.6 Å². The quantitative estimate of drug-likeness (QED) is 0.882. The highest BCUT2D eigenvalue weighted by Gasteiger charge is 2.34. The highest BCUT2D eigenvalue weighted by Crippen LogP contribution is 2.38. The van der Waals surface area contributed by atoms with Crippen LogP contribution in [0.2, 0.25) is 0 Å². The van der Waals surface area contributed by atoms with Crippen LogP contribution in [0.5, 0.6) is 17.2 Å². The van der Waals surface area contributed by atoms with Crippen LogP contribution in [0, 0.1) is 0 Å². The number of benzene rings is 1. The first-order valence-electron chi connectivity index (χ1n) is 6.44. The monoisotopic (exact) mass is 362 g/mol. The van der Waals surface area contributed by atoms with E-state index in [1.165, 1.54) is 33.5 Å². The summed E-state index contributed by atoms with van der Waals surface area (Å²) in [6.07, 6.45) is -4.56. The number of halogens is 3. The second-order valence-electron chi connectivity index (χ2n) is 4.40. The van der Waals surface area contributed by atoms with Gasteiger partial charge in [-0.25, -0.2) is 4.98 Å². The maximum absolute atomic E-state index is 12.5. The molecule has 1 heterocycles. The Bertz CT molecular complexity index is 721. The summed E-state index contributed by atoms with van der Waals surface area (Å²) in [6.45, 7) is 0. The van der Waals surface area contributed by atoms with E-state index in [9.17, 15) is 18.0 Å². The van der Waals surface area contributed by atoms with E-state index in [-0.39, 0.29) is 22.2 Å². The third-order valence-corrected chi connectivity index (χ3v) is 3.70. The summed E-state index contributed by atoms with van der Waals surface area (Å²) < 4.78 is 53.0. The molecule has 0 saturated heterocycles. The number of nitrogens with one attached hydrogen (secondary N) is 1. The number of thiazole rings is 1. The van der Waals surface area contributed by atoms with Crippen molar-refractivity contribution in [1.29, 1.82) is 0 Å². The molecule has 0 aliphatic rings. The number of nitrogens with zero attached hydrogens (tertiary/aromatic N) is 1. The first-order chi connectivity index (χ1) is 11.3. The Kier molecular flexibility index (Phi) is 5.17. The molecule has 0 radical (unpaired) electrons. The van der Waals surface area contributed by atoms with Gasteiger partial charge in [0.05, 0.1) is 21.3 Å². The second-order valence-corrected chi connectivity index (χ2v) is 5.26. The molecule has 130 valence electrons. The zero-order chi connectivity index (χ0) is 17.9. The number of anilines is 1. The number of hydrogen-bond acceptors (Lipinski definition) is 6. The molecule has 1 amide bonds. The van der Waals surface area contributed by atoms with Gasteiger partial charge in [-0.05, 0) is 12.1 Å². The molecule has 0 bridgehead atoms. The maximum Gasteiger partial charge on any atom is 0.434 e. The molecule has 1 N–H and O–H groups in total. The number of methoxy groups -OCH3 is 3. The Morgan fingerprint density at radius 2 is 1.71 bits per heavy atom. The normalized spacial score (nSPS) is 11.1. The predicted octanol–water partition coefficient (Wildman–Crippen LogP) is 3.44. The molecule has 2 aromatic rings. The van der Waals surface area contributed by atoms with Crippen LogP contribution in [-0.4, -0.2) is 32.2 Å². The number of alkyl halides is 3. The Morgan fingerprint density at radius 1 is 1.12 bits per heavy atom. The first-order valence-corrected chi connectivity index (χ1v) is 7.32. The summed E-state index contributed by atoms with van der Waals surface area (Å²) in [5.74, 6) is 0.136. The summed E-state index contributed by atoms with van der Waals surface area (Å²) in [6, 6.07) is 2.77. The third-order valence-electron chi connectivity index (χ3n) is 2.94. The van der Waals surface area contributed by atoms with Gasteiger partial charge in [0.15, 0.2) is 22.3 Å². The molecule has 0 atom stereocenters. The molecule has 1 aromatic heterocycles. The van der Waals surface area contributed by atoms with E-state index < -0.39 is 17.8 Å². The van der Waals surface area contributed by atoms with Crippen molar-refractivity contribution in [3.05, 3.63) is 28.8 Å². The Balaban J connectivity index is 2.28. The fraction of sp³-hybridized carbons (Fsp3) is 0.286. The van der Waals surface area contributed by atoms with Crippen molar-refractivity contribution >= 4 is 22.4 Å². The minimum absolute atomic E-state index is 0.119. The molecule has 0 aliphatic heterocycles. The van der Waals surface area contributed by atoms with E-state index in [1.807, 2.05) is 0 Å². The molecule has 0 spiro atoms. The highest BCUT2D eigenvalue weighted by molar-refractivity contribution is 7.14. The molecule has 0 fully saturated rings. The van der Waals surface area contributed by atoms with Crippen molar-refractivity contribution < 1.29 is 32.2 Å². The van der Waals surface area contributed by atoms with Crippen LogP contribution in [0.3, 0.4) is 0 Å². The highest BCUT2D eigenvalue weighted by atomic mass is 32.1.